The summed E-state index contributed by atoms with van der Waals surface area (Å²) < 4.78 is 0. The third kappa shape index (κ3) is 7.94. The van der Waals surface area contributed by atoms with Crippen LogP contribution in [0, 0.1) is 0 Å². The number of rotatable bonds is 12. The summed E-state index contributed by atoms with van der Waals surface area (Å²) in [5.74, 6) is 0. The van der Waals surface area contributed by atoms with Gasteiger partial charge in [0.05, 0.1) is 0 Å². The van der Waals surface area contributed by atoms with E-state index in [4.69, 9.17) is 0 Å². The summed E-state index contributed by atoms with van der Waals surface area (Å²) in [6.45, 7) is 3.29. The van der Waals surface area contributed by atoms with Crippen LogP contribution in [0.3, 0.4) is 0 Å². The Hall–Kier alpha value is -1.25. The molecule has 1 aromatic carbocycles. The molecule has 0 saturated heterocycles. The SMILES string of the molecule is B=C(NCCCCCCCCCC)N(C)c1ccccc1. The Labute approximate surface area is 132 Å². The molecule has 0 heterocycles. The molecular formula is C18H31BN2. The van der Waals surface area contributed by atoms with Crippen LogP contribution in [0.2, 0.25) is 0 Å². The Bertz CT molecular complexity index is 378. The molecule has 0 spiro atoms. The predicted octanol–water partition coefficient (Wildman–Crippen LogP) is 3.84. The van der Waals surface area contributed by atoms with Gasteiger partial charge in [-0.25, -0.2) is 0 Å². The minimum atomic E-state index is 0.976. The van der Waals surface area contributed by atoms with Gasteiger partial charge in [0.1, 0.15) is 0 Å². The summed E-state index contributed by atoms with van der Waals surface area (Å²) in [4.78, 5) is 2.10. The van der Waals surface area contributed by atoms with E-state index in [0.717, 1.165) is 12.3 Å². The molecule has 0 radical (unpaired) electrons. The van der Waals surface area contributed by atoms with Gasteiger partial charge in [-0.3, -0.25) is 0 Å². The molecule has 1 aromatic rings. The van der Waals surface area contributed by atoms with Gasteiger partial charge in [0.15, 0.2) is 0 Å². The van der Waals surface area contributed by atoms with E-state index < -0.39 is 0 Å². The third-order valence-corrected chi connectivity index (χ3v) is 3.91. The van der Waals surface area contributed by atoms with Gasteiger partial charge in [-0.2, -0.15) is 0 Å². The zero-order chi connectivity index (χ0) is 15.3. The quantitative estimate of drug-likeness (QED) is 0.464. The van der Waals surface area contributed by atoms with E-state index in [0.29, 0.717) is 0 Å². The first-order valence-corrected chi connectivity index (χ1v) is 8.47. The van der Waals surface area contributed by atoms with Crippen molar-refractivity contribution >= 4 is 18.9 Å². The van der Waals surface area contributed by atoms with Crippen LogP contribution in [-0.2, 0) is 0 Å². The molecule has 0 atom stereocenters. The fourth-order valence-electron chi connectivity index (χ4n) is 2.42. The first kappa shape index (κ1) is 17.8. The normalized spacial score (nSPS) is 10.3. The van der Waals surface area contributed by atoms with Gasteiger partial charge in [0.25, 0.3) is 0 Å². The molecule has 116 valence electrons. The van der Waals surface area contributed by atoms with E-state index in [1.807, 2.05) is 6.07 Å². The number of hydrogen-bond acceptors (Lipinski definition) is 2. The Morgan fingerprint density at radius 3 is 2.14 bits per heavy atom. The van der Waals surface area contributed by atoms with Crippen molar-refractivity contribution in [2.45, 2.75) is 58.3 Å². The van der Waals surface area contributed by atoms with Gasteiger partial charge in [-0.05, 0) is 0 Å². The van der Waals surface area contributed by atoms with Crippen molar-refractivity contribution in [2.75, 3.05) is 18.5 Å². The fraction of sp³-hybridized carbons (Fsp3) is 0.611. The Morgan fingerprint density at radius 1 is 0.952 bits per heavy atom. The monoisotopic (exact) mass is 286 g/mol. The fourth-order valence-corrected chi connectivity index (χ4v) is 2.42. The van der Waals surface area contributed by atoms with Crippen molar-refractivity contribution in [1.29, 1.82) is 0 Å². The molecule has 1 N–H and O–H groups in total. The van der Waals surface area contributed by atoms with Gasteiger partial charge in [0.2, 0.25) is 0 Å². The summed E-state index contributed by atoms with van der Waals surface area (Å²) in [5, 5.41) is 3.42. The van der Waals surface area contributed by atoms with Crippen LogP contribution in [-0.4, -0.2) is 26.8 Å². The van der Waals surface area contributed by atoms with Crippen molar-refractivity contribution in [3.63, 3.8) is 0 Å². The number of benzene rings is 1. The molecule has 21 heavy (non-hydrogen) atoms. The zero-order valence-electron chi connectivity index (χ0n) is 13.9. The number of anilines is 1. The first-order valence-electron chi connectivity index (χ1n) is 8.47. The van der Waals surface area contributed by atoms with E-state index in [1.165, 1.54) is 57.1 Å². The standard InChI is InChI=1S/C18H31BN2/c1-3-4-5-6-7-8-9-13-16-20-18(19)21(2)17-14-11-10-12-15-17/h10-12,14-15,19-20H,3-9,13,16H2,1-2H3. The average molecular weight is 286 g/mol. The molecule has 1 rings (SSSR count). The molecule has 0 aromatic heterocycles. The van der Waals surface area contributed by atoms with Crippen molar-refractivity contribution in [3.8, 4) is 0 Å². The Balaban J connectivity index is 2.03. The second-order valence-corrected chi connectivity index (χ2v) is 5.74. The maximum absolute atomic E-state index is 4.11. The molecule has 0 aliphatic rings. The van der Waals surface area contributed by atoms with Crippen molar-refractivity contribution in [1.82, 2.24) is 5.32 Å². The van der Waals surface area contributed by atoms with Crippen LogP contribution < -0.4 is 10.2 Å². The predicted molar refractivity (Wildman–Crippen MR) is 97.6 cm³/mol. The number of unbranched alkanes of at least 4 members (excludes halogenated alkanes) is 7. The summed E-state index contributed by atoms with van der Waals surface area (Å²) in [7, 11) is 6.17. The molecule has 0 bridgehead atoms. The zero-order valence-corrected chi connectivity index (χ0v) is 13.9. The summed E-state index contributed by atoms with van der Waals surface area (Å²) in [5.41, 5.74) is 2.15. The van der Waals surface area contributed by atoms with Gasteiger partial charge in [-0.1, -0.05) is 0 Å². The summed E-state index contributed by atoms with van der Waals surface area (Å²) in [6.07, 6.45) is 10.9. The molecule has 0 aliphatic heterocycles. The van der Waals surface area contributed by atoms with Crippen LogP contribution in [0.25, 0.3) is 0 Å². The van der Waals surface area contributed by atoms with Crippen LogP contribution in [0.4, 0.5) is 5.69 Å². The van der Waals surface area contributed by atoms with Gasteiger partial charge < -0.3 is 0 Å². The van der Waals surface area contributed by atoms with Crippen LogP contribution in [0.15, 0.2) is 30.3 Å². The number of nitrogens with zero attached hydrogens (tertiary/aromatic N) is 1. The topological polar surface area (TPSA) is 15.3 Å². The van der Waals surface area contributed by atoms with E-state index in [-0.39, 0.29) is 0 Å². The van der Waals surface area contributed by atoms with E-state index in [1.54, 1.807) is 0 Å². The number of nitrogens with one attached hydrogen (secondary N) is 1. The van der Waals surface area contributed by atoms with Crippen LogP contribution >= 0.6 is 0 Å². The van der Waals surface area contributed by atoms with E-state index in [9.17, 15) is 0 Å². The van der Waals surface area contributed by atoms with Crippen molar-refractivity contribution < 1.29 is 0 Å². The molecule has 0 unspecified atom stereocenters. The molecule has 3 heteroatoms. The Kier molecular flexibility index (Phi) is 9.68. The summed E-state index contributed by atoms with van der Waals surface area (Å²) in [6, 6.07) is 10.3. The Morgan fingerprint density at radius 2 is 1.52 bits per heavy atom. The van der Waals surface area contributed by atoms with Gasteiger partial charge in [0, 0.05) is 0 Å². The van der Waals surface area contributed by atoms with Gasteiger partial charge in [-0.15, -0.1) is 0 Å². The number of hydrogen-bond donors (Lipinski definition) is 1. The molecular weight excluding hydrogens is 255 g/mol. The van der Waals surface area contributed by atoms with Crippen molar-refractivity contribution in [2.24, 2.45) is 0 Å². The van der Waals surface area contributed by atoms with Gasteiger partial charge >= 0.3 is 131 Å². The second-order valence-electron chi connectivity index (χ2n) is 5.74. The molecule has 0 amide bonds. The maximum atomic E-state index is 4.11. The second kappa shape index (κ2) is 11.4. The molecule has 0 aliphatic carbocycles. The van der Waals surface area contributed by atoms with Crippen molar-refractivity contribution in [3.05, 3.63) is 30.3 Å². The molecule has 0 saturated carbocycles. The van der Waals surface area contributed by atoms with E-state index >= 15 is 0 Å². The van der Waals surface area contributed by atoms with Crippen LogP contribution in [0.5, 0.6) is 0 Å². The first-order chi connectivity index (χ1) is 10.3. The molecule has 0 fully saturated rings. The van der Waals surface area contributed by atoms with E-state index in [2.05, 4.69) is 55.9 Å². The average Bonchev–Trinajstić information content (AvgIpc) is 2.53. The number of para-hydroxylation sites is 1. The van der Waals surface area contributed by atoms with Crippen LogP contribution in [0.1, 0.15) is 58.3 Å². The summed E-state index contributed by atoms with van der Waals surface area (Å²) >= 11 is 0. The third-order valence-electron chi connectivity index (χ3n) is 3.91. The molecule has 2 nitrogen and oxygen atoms in total. The minimum absolute atomic E-state index is 0.976.